The molecule has 0 radical (unpaired) electrons. The van der Waals surface area contributed by atoms with Gasteiger partial charge in [-0.3, -0.25) is 0 Å². The predicted molar refractivity (Wildman–Crippen MR) is 52.7 cm³/mol. The summed E-state index contributed by atoms with van der Waals surface area (Å²) in [5, 5.41) is 10.9. The largest absolute Gasteiger partial charge is 0.409 e. The molecule has 0 aliphatic carbocycles. The maximum absolute atomic E-state index is 11.6. The summed E-state index contributed by atoms with van der Waals surface area (Å²) in [6, 6.07) is 0. The molecule has 0 atom stereocenters. The van der Waals surface area contributed by atoms with E-state index in [1.807, 2.05) is 0 Å². The number of oxime groups is 1. The number of ether oxygens (including phenoxy) is 1. The minimum Gasteiger partial charge on any atom is -0.409 e. The van der Waals surface area contributed by atoms with Crippen LogP contribution < -0.4 is 10.5 Å². The lowest BCUT2D eigenvalue weighted by Gasteiger charge is -2.25. The minimum absolute atomic E-state index is 0.188. The van der Waals surface area contributed by atoms with Crippen LogP contribution in [0.5, 0.6) is 0 Å². The van der Waals surface area contributed by atoms with Crippen LogP contribution in [0, 0.1) is 0 Å². The summed E-state index contributed by atoms with van der Waals surface area (Å²) in [6.07, 6.45) is 0. The van der Waals surface area contributed by atoms with E-state index in [0.717, 1.165) is 0 Å². The average Bonchev–Trinajstić information content (AvgIpc) is 2.27. The Morgan fingerprint density at radius 2 is 2.13 bits per heavy atom. The molecule has 1 heterocycles. The van der Waals surface area contributed by atoms with E-state index >= 15 is 0 Å². The minimum atomic E-state index is -3.56. The van der Waals surface area contributed by atoms with Gasteiger partial charge in [0.2, 0.25) is 0 Å². The Labute approximate surface area is 87.9 Å². The maximum atomic E-state index is 11.6. The molecule has 0 bridgehead atoms. The third-order valence-electron chi connectivity index (χ3n) is 1.87. The molecule has 0 unspecified atom stereocenters. The normalized spacial score (nSPS) is 20.4. The quantitative estimate of drug-likeness (QED) is 0.224. The van der Waals surface area contributed by atoms with Crippen molar-refractivity contribution in [3.63, 3.8) is 0 Å². The van der Waals surface area contributed by atoms with Gasteiger partial charge in [-0.2, -0.15) is 17.4 Å². The molecule has 0 aromatic carbocycles. The van der Waals surface area contributed by atoms with E-state index in [4.69, 9.17) is 15.7 Å². The molecular weight excluding hydrogens is 224 g/mol. The van der Waals surface area contributed by atoms with Crippen molar-refractivity contribution in [2.75, 3.05) is 32.8 Å². The lowest BCUT2D eigenvalue weighted by atomic mass is 10.5. The van der Waals surface area contributed by atoms with Crippen LogP contribution in [0.25, 0.3) is 0 Å². The van der Waals surface area contributed by atoms with Crippen LogP contribution in [0.15, 0.2) is 5.16 Å². The Kier molecular flexibility index (Phi) is 4.27. The van der Waals surface area contributed by atoms with Gasteiger partial charge in [0.05, 0.1) is 19.8 Å². The van der Waals surface area contributed by atoms with Crippen LogP contribution in [0.1, 0.15) is 0 Å². The van der Waals surface area contributed by atoms with Crippen molar-refractivity contribution in [2.24, 2.45) is 10.9 Å². The van der Waals surface area contributed by atoms with E-state index in [2.05, 4.69) is 9.88 Å². The fraction of sp³-hybridized carbons (Fsp3) is 0.833. The number of nitrogens with one attached hydrogen (secondary N) is 1. The van der Waals surface area contributed by atoms with E-state index in [1.165, 1.54) is 4.31 Å². The molecule has 1 aliphatic rings. The lowest BCUT2D eigenvalue weighted by Crippen LogP contribution is -2.48. The number of rotatable bonds is 4. The molecule has 1 fully saturated rings. The summed E-state index contributed by atoms with van der Waals surface area (Å²) in [4.78, 5) is 0. The second-order valence-corrected chi connectivity index (χ2v) is 4.68. The first kappa shape index (κ1) is 12.2. The molecule has 0 spiro atoms. The van der Waals surface area contributed by atoms with Gasteiger partial charge in [0, 0.05) is 13.1 Å². The van der Waals surface area contributed by atoms with Crippen molar-refractivity contribution >= 4 is 16.0 Å². The maximum Gasteiger partial charge on any atom is 0.280 e. The van der Waals surface area contributed by atoms with Crippen molar-refractivity contribution in [1.29, 1.82) is 0 Å². The Balaban J connectivity index is 2.50. The molecule has 15 heavy (non-hydrogen) atoms. The molecule has 1 aliphatic heterocycles. The molecular formula is C6H14N4O4S. The first-order valence-corrected chi connectivity index (χ1v) is 5.79. The fourth-order valence-corrected chi connectivity index (χ4v) is 2.22. The van der Waals surface area contributed by atoms with Gasteiger partial charge in [0.25, 0.3) is 10.2 Å². The predicted octanol–water partition coefficient (Wildman–Crippen LogP) is -2.10. The van der Waals surface area contributed by atoms with Crippen LogP contribution in [0.4, 0.5) is 0 Å². The smallest absolute Gasteiger partial charge is 0.280 e. The Morgan fingerprint density at radius 3 is 2.67 bits per heavy atom. The van der Waals surface area contributed by atoms with Crippen molar-refractivity contribution in [3.05, 3.63) is 0 Å². The van der Waals surface area contributed by atoms with Gasteiger partial charge >= 0.3 is 0 Å². The molecule has 0 aromatic rings. The van der Waals surface area contributed by atoms with E-state index < -0.39 is 10.2 Å². The number of nitrogens with two attached hydrogens (primary N) is 1. The Hall–Kier alpha value is -0.900. The van der Waals surface area contributed by atoms with Crippen LogP contribution in [0.2, 0.25) is 0 Å². The zero-order chi connectivity index (χ0) is 11.3. The Bertz CT molecular complexity index is 322. The van der Waals surface area contributed by atoms with Gasteiger partial charge in [-0.25, -0.2) is 0 Å². The van der Waals surface area contributed by atoms with Crippen molar-refractivity contribution in [3.8, 4) is 0 Å². The molecule has 1 rings (SSSR count). The van der Waals surface area contributed by atoms with Crippen LogP contribution in [-0.4, -0.2) is 56.6 Å². The molecule has 4 N–H and O–H groups in total. The van der Waals surface area contributed by atoms with Gasteiger partial charge in [-0.1, -0.05) is 5.16 Å². The number of nitrogens with zero attached hydrogens (tertiary/aromatic N) is 2. The van der Waals surface area contributed by atoms with Crippen molar-refractivity contribution in [1.82, 2.24) is 9.03 Å². The number of amidine groups is 1. The molecule has 0 aromatic heterocycles. The van der Waals surface area contributed by atoms with Gasteiger partial charge in [-0.05, 0) is 0 Å². The zero-order valence-corrected chi connectivity index (χ0v) is 8.90. The topological polar surface area (TPSA) is 117 Å². The molecule has 9 heteroatoms. The highest BCUT2D eigenvalue weighted by molar-refractivity contribution is 7.87. The third kappa shape index (κ3) is 3.63. The van der Waals surface area contributed by atoms with E-state index in [9.17, 15) is 8.42 Å². The van der Waals surface area contributed by atoms with Crippen LogP contribution in [-0.2, 0) is 14.9 Å². The summed E-state index contributed by atoms with van der Waals surface area (Å²) < 4.78 is 31.6. The van der Waals surface area contributed by atoms with Crippen LogP contribution >= 0.6 is 0 Å². The lowest BCUT2D eigenvalue weighted by molar-refractivity contribution is 0.0725. The van der Waals surface area contributed by atoms with Crippen molar-refractivity contribution in [2.45, 2.75) is 0 Å². The molecule has 8 nitrogen and oxygen atoms in total. The summed E-state index contributed by atoms with van der Waals surface area (Å²) in [7, 11) is -3.56. The highest BCUT2D eigenvalue weighted by Crippen LogP contribution is 2.01. The second kappa shape index (κ2) is 5.26. The van der Waals surface area contributed by atoms with Gasteiger partial charge < -0.3 is 15.7 Å². The van der Waals surface area contributed by atoms with Gasteiger partial charge in [0.1, 0.15) is 0 Å². The molecule has 1 saturated heterocycles. The molecule has 0 amide bonds. The summed E-state index contributed by atoms with van der Waals surface area (Å²) in [5.41, 5.74) is 5.14. The second-order valence-electron chi connectivity index (χ2n) is 2.93. The first-order chi connectivity index (χ1) is 7.06. The number of morpholine rings is 1. The summed E-state index contributed by atoms with van der Waals surface area (Å²) >= 11 is 0. The first-order valence-electron chi connectivity index (χ1n) is 4.35. The molecule has 88 valence electrons. The average molecular weight is 238 g/mol. The number of hydrogen-bond donors (Lipinski definition) is 3. The summed E-state index contributed by atoms with van der Waals surface area (Å²) in [6.45, 7) is 1.17. The highest BCUT2D eigenvalue weighted by atomic mass is 32.2. The van der Waals surface area contributed by atoms with Gasteiger partial charge in [-0.15, -0.1) is 0 Å². The fourth-order valence-electron chi connectivity index (χ4n) is 1.08. The standard InChI is InChI=1S/C6H14N4O4S/c7-6(9-11)5-8-15(12,13)10-1-3-14-4-2-10/h8,11H,1-5H2,(H2,7,9). The summed E-state index contributed by atoms with van der Waals surface area (Å²) in [5.74, 6) is -0.188. The van der Waals surface area contributed by atoms with Gasteiger partial charge in [0.15, 0.2) is 5.84 Å². The molecule has 0 saturated carbocycles. The van der Waals surface area contributed by atoms with E-state index in [-0.39, 0.29) is 12.4 Å². The SMILES string of the molecule is N/C(CNS(=O)(=O)N1CCOCC1)=N\O. The highest BCUT2D eigenvalue weighted by Gasteiger charge is 2.23. The van der Waals surface area contributed by atoms with Crippen molar-refractivity contribution < 1.29 is 18.4 Å². The third-order valence-corrected chi connectivity index (χ3v) is 3.43. The van der Waals surface area contributed by atoms with E-state index in [1.54, 1.807) is 0 Å². The van der Waals surface area contributed by atoms with E-state index in [0.29, 0.717) is 26.3 Å². The monoisotopic (exact) mass is 238 g/mol. The number of hydrogen-bond acceptors (Lipinski definition) is 5. The van der Waals surface area contributed by atoms with Crippen LogP contribution in [0.3, 0.4) is 0 Å². The zero-order valence-electron chi connectivity index (χ0n) is 8.09. The Morgan fingerprint density at radius 1 is 1.53 bits per heavy atom.